The van der Waals surface area contributed by atoms with Gasteiger partial charge in [-0.3, -0.25) is 0 Å². The van der Waals surface area contributed by atoms with Gasteiger partial charge in [-0.25, -0.2) is 0 Å². The van der Waals surface area contributed by atoms with Crippen molar-refractivity contribution < 1.29 is 0 Å². The van der Waals surface area contributed by atoms with Gasteiger partial charge in [0, 0.05) is 5.88 Å². The molecule has 0 bridgehead atoms. The van der Waals surface area contributed by atoms with Crippen molar-refractivity contribution >= 4 is 29.0 Å². The number of hydrogen-bond acceptors (Lipinski definition) is 2. The van der Waals surface area contributed by atoms with E-state index in [2.05, 4.69) is 22.4 Å². The van der Waals surface area contributed by atoms with Gasteiger partial charge in [-0.05, 0) is 37.1 Å². The number of isothiocyanates is 1. The minimum atomic E-state index is 0.593. The molecule has 0 N–H and O–H groups in total. The average molecular weight is 174 g/mol. The van der Waals surface area contributed by atoms with E-state index < -0.39 is 0 Å². The van der Waals surface area contributed by atoms with Crippen LogP contribution in [0.25, 0.3) is 0 Å². The number of rotatable bonds is 2. The van der Waals surface area contributed by atoms with Crippen molar-refractivity contribution in [1.82, 2.24) is 0 Å². The Hall–Kier alpha value is -0.170. The maximum Gasteiger partial charge on any atom is 0.0637 e. The highest BCUT2D eigenvalue weighted by atomic mass is 35.5. The normalized spacial score (nSPS) is 17.3. The second-order valence-corrected chi connectivity index (χ2v) is 2.69. The van der Waals surface area contributed by atoms with E-state index >= 15 is 0 Å². The molecule has 0 amide bonds. The molecule has 0 radical (unpaired) electrons. The fourth-order valence-corrected chi connectivity index (χ4v) is 1.52. The van der Waals surface area contributed by atoms with Crippen LogP contribution in [0.2, 0.25) is 0 Å². The molecular formula is C7H8ClNS. The molecular weight excluding hydrogens is 166 g/mol. The summed E-state index contributed by atoms with van der Waals surface area (Å²) in [5.41, 5.74) is 2.30. The van der Waals surface area contributed by atoms with Crippen molar-refractivity contribution in [3.05, 3.63) is 11.3 Å². The maximum absolute atomic E-state index is 5.66. The SMILES string of the molecule is S=C=NC1=C(CCl)CCC1. The van der Waals surface area contributed by atoms with Crippen LogP contribution in [0.5, 0.6) is 0 Å². The summed E-state index contributed by atoms with van der Waals surface area (Å²) in [5.74, 6) is 0.593. The first-order valence-corrected chi connectivity index (χ1v) is 4.17. The maximum atomic E-state index is 5.66. The minimum Gasteiger partial charge on any atom is -0.199 e. The van der Waals surface area contributed by atoms with Crippen LogP contribution in [0.4, 0.5) is 0 Å². The second kappa shape index (κ2) is 3.87. The highest BCUT2D eigenvalue weighted by molar-refractivity contribution is 7.78. The predicted octanol–water partition coefficient (Wildman–Crippen LogP) is 2.77. The third-order valence-corrected chi connectivity index (χ3v) is 2.06. The summed E-state index contributed by atoms with van der Waals surface area (Å²) in [6.07, 6.45) is 3.27. The van der Waals surface area contributed by atoms with E-state index in [1.165, 1.54) is 5.57 Å². The van der Waals surface area contributed by atoms with Gasteiger partial charge in [-0.1, -0.05) is 0 Å². The van der Waals surface area contributed by atoms with Crippen LogP contribution in [-0.4, -0.2) is 11.0 Å². The van der Waals surface area contributed by atoms with E-state index in [1.54, 1.807) is 0 Å². The number of hydrogen-bond donors (Lipinski definition) is 0. The van der Waals surface area contributed by atoms with Gasteiger partial charge in [-0.15, -0.1) is 11.6 Å². The van der Waals surface area contributed by atoms with Gasteiger partial charge >= 0.3 is 0 Å². The predicted molar refractivity (Wildman–Crippen MR) is 46.6 cm³/mol. The largest absolute Gasteiger partial charge is 0.199 e. The molecule has 0 unspecified atom stereocenters. The molecule has 1 rings (SSSR count). The molecule has 0 heterocycles. The third-order valence-electron chi connectivity index (χ3n) is 1.64. The van der Waals surface area contributed by atoms with Crippen molar-refractivity contribution in [2.45, 2.75) is 19.3 Å². The molecule has 0 spiro atoms. The molecule has 0 aromatic heterocycles. The molecule has 0 aromatic rings. The first kappa shape index (κ1) is 7.93. The molecule has 0 atom stereocenters. The number of aliphatic imine (C=N–C) groups is 1. The Labute approximate surface area is 70.8 Å². The Morgan fingerprint density at radius 3 is 3.00 bits per heavy atom. The molecule has 1 aliphatic carbocycles. The van der Waals surface area contributed by atoms with Gasteiger partial charge in [0.15, 0.2) is 0 Å². The van der Waals surface area contributed by atoms with E-state index in [9.17, 15) is 0 Å². The number of halogens is 1. The molecule has 10 heavy (non-hydrogen) atoms. The van der Waals surface area contributed by atoms with Crippen LogP contribution in [0.1, 0.15) is 19.3 Å². The number of nitrogens with zero attached hydrogens (tertiary/aromatic N) is 1. The van der Waals surface area contributed by atoms with Gasteiger partial charge in [-0.2, -0.15) is 4.99 Å². The molecule has 3 heteroatoms. The summed E-state index contributed by atoms with van der Waals surface area (Å²) < 4.78 is 0. The minimum absolute atomic E-state index is 0.593. The molecule has 54 valence electrons. The first-order valence-electron chi connectivity index (χ1n) is 3.23. The van der Waals surface area contributed by atoms with Crippen molar-refractivity contribution in [2.75, 3.05) is 5.88 Å². The van der Waals surface area contributed by atoms with Crippen LogP contribution >= 0.6 is 23.8 Å². The monoisotopic (exact) mass is 173 g/mol. The molecule has 0 saturated carbocycles. The topological polar surface area (TPSA) is 12.4 Å². The highest BCUT2D eigenvalue weighted by Crippen LogP contribution is 2.26. The molecule has 0 aromatic carbocycles. The molecule has 0 aliphatic heterocycles. The molecule has 0 saturated heterocycles. The summed E-state index contributed by atoms with van der Waals surface area (Å²) in [6, 6.07) is 0. The van der Waals surface area contributed by atoms with E-state index in [-0.39, 0.29) is 0 Å². The quantitative estimate of drug-likeness (QED) is 0.356. The van der Waals surface area contributed by atoms with E-state index in [1.807, 2.05) is 0 Å². The third kappa shape index (κ3) is 1.66. The van der Waals surface area contributed by atoms with Crippen molar-refractivity contribution in [2.24, 2.45) is 4.99 Å². The zero-order valence-corrected chi connectivity index (χ0v) is 7.13. The number of thiocarbonyl (C=S) groups is 1. The van der Waals surface area contributed by atoms with E-state index in [0.717, 1.165) is 25.0 Å². The van der Waals surface area contributed by atoms with Crippen LogP contribution in [0.3, 0.4) is 0 Å². The van der Waals surface area contributed by atoms with Gasteiger partial charge in [0.2, 0.25) is 0 Å². The zero-order chi connectivity index (χ0) is 7.40. The van der Waals surface area contributed by atoms with Crippen molar-refractivity contribution in [1.29, 1.82) is 0 Å². The van der Waals surface area contributed by atoms with Crippen LogP contribution in [0.15, 0.2) is 16.3 Å². The molecule has 1 nitrogen and oxygen atoms in total. The van der Waals surface area contributed by atoms with Crippen LogP contribution in [-0.2, 0) is 0 Å². The lowest BCUT2D eigenvalue weighted by Crippen LogP contribution is -1.80. The van der Waals surface area contributed by atoms with Gasteiger partial charge < -0.3 is 0 Å². The van der Waals surface area contributed by atoms with Gasteiger partial charge in [0.25, 0.3) is 0 Å². The standard InChI is InChI=1S/C7H8ClNS/c8-4-6-2-1-3-7(6)9-5-10/h1-4H2. The molecule has 1 aliphatic rings. The summed E-state index contributed by atoms with van der Waals surface area (Å²) >= 11 is 10.2. The van der Waals surface area contributed by atoms with E-state index in [4.69, 9.17) is 11.6 Å². The average Bonchev–Trinajstić information content (AvgIpc) is 2.36. The summed E-state index contributed by atoms with van der Waals surface area (Å²) in [5, 5.41) is 2.37. The Kier molecular flexibility index (Phi) is 3.07. The number of allylic oxidation sites excluding steroid dienone is 2. The summed E-state index contributed by atoms with van der Waals surface area (Å²) in [7, 11) is 0. The zero-order valence-electron chi connectivity index (χ0n) is 5.56. The Balaban J connectivity index is 2.77. The van der Waals surface area contributed by atoms with Crippen molar-refractivity contribution in [3.63, 3.8) is 0 Å². The Bertz CT molecular complexity index is 204. The second-order valence-electron chi connectivity index (χ2n) is 2.24. The Morgan fingerprint density at radius 2 is 2.40 bits per heavy atom. The fraction of sp³-hybridized carbons (Fsp3) is 0.571. The number of alkyl halides is 1. The molecule has 0 fully saturated rings. The first-order chi connectivity index (χ1) is 4.88. The lowest BCUT2D eigenvalue weighted by atomic mass is 10.3. The summed E-state index contributed by atoms with van der Waals surface area (Å²) in [4.78, 5) is 3.94. The van der Waals surface area contributed by atoms with Crippen LogP contribution in [0, 0.1) is 0 Å². The fourth-order valence-electron chi connectivity index (χ4n) is 1.12. The highest BCUT2D eigenvalue weighted by Gasteiger charge is 2.11. The summed E-state index contributed by atoms with van der Waals surface area (Å²) in [6.45, 7) is 0. The Morgan fingerprint density at radius 1 is 1.60 bits per heavy atom. The lowest BCUT2D eigenvalue weighted by Gasteiger charge is -1.93. The van der Waals surface area contributed by atoms with E-state index in [0.29, 0.717) is 5.88 Å². The smallest absolute Gasteiger partial charge is 0.0637 e. The lowest BCUT2D eigenvalue weighted by molar-refractivity contribution is 0.890. The van der Waals surface area contributed by atoms with Crippen LogP contribution < -0.4 is 0 Å². The van der Waals surface area contributed by atoms with Crippen molar-refractivity contribution in [3.8, 4) is 0 Å². The van der Waals surface area contributed by atoms with Gasteiger partial charge in [0.05, 0.1) is 10.9 Å². The van der Waals surface area contributed by atoms with Gasteiger partial charge in [0.1, 0.15) is 0 Å².